The highest BCUT2D eigenvalue weighted by Crippen LogP contribution is 2.33. The van der Waals surface area contributed by atoms with Crippen LogP contribution in [0.2, 0.25) is 0 Å². The van der Waals surface area contributed by atoms with Crippen LogP contribution in [0.15, 0.2) is 24.3 Å². The molecule has 0 radical (unpaired) electrons. The van der Waals surface area contributed by atoms with E-state index in [0.29, 0.717) is 5.92 Å². The van der Waals surface area contributed by atoms with Gasteiger partial charge in [-0.3, -0.25) is 0 Å². The molecule has 1 aromatic heterocycles. The number of hydrogen-bond acceptors (Lipinski definition) is 3. The molecule has 0 spiro atoms. The van der Waals surface area contributed by atoms with Gasteiger partial charge in [0.15, 0.2) is 5.11 Å². The summed E-state index contributed by atoms with van der Waals surface area (Å²) in [7, 11) is 0. The zero-order valence-corrected chi connectivity index (χ0v) is 13.3. The number of aromatic nitrogens is 1. The summed E-state index contributed by atoms with van der Waals surface area (Å²) in [5, 5.41) is 5.43. The van der Waals surface area contributed by atoms with Gasteiger partial charge in [-0.15, -0.1) is 11.3 Å². The largest absolute Gasteiger partial charge is 0.363 e. The van der Waals surface area contributed by atoms with Crippen LogP contribution in [0, 0.1) is 0 Å². The average molecular weight is 305 g/mol. The third kappa shape index (κ3) is 2.79. The van der Waals surface area contributed by atoms with Crippen LogP contribution in [0.1, 0.15) is 30.7 Å². The molecular weight excluding hydrogens is 286 g/mol. The molecule has 2 heterocycles. The average Bonchev–Trinajstić information content (AvgIpc) is 2.91. The molecule has 0 saturated carbocycles. The van der Waals surface area contributed by atoms with E-state index in [2.05, 4.69) is 41.4 Å². The monoisotopic (exact) mass is 305 g/mol. The summed E-state index contributed by atoms with van der Waals surface area (Å²) < 4.78 is 1.30. The number of likely N-dealkylation sites (tertiary alicyclic amines) is 1. The molecule has 0 unspecified atom stereocenters. The Hall–Kier alpha value is -1.20. The highest BCUT2D eigenvalue weighted by Gasteiger charge is 2.24. The first-order valence-electron chi connectivity index (χ1n) is 7.16. The van der Waals surface area contributed by atoms with Gasteiger partial charge in [-0.2, -0.15) is 0 Å². The standard InChI is InChI=1S/C15H19N3S2/c1-2-16-15(19)18-9-7-11(8-10-18)14-17-12-5-3-4-6-13(12)20-14/h3-6,11H,2,7-10H2,1H3,(H,16,19). The van der Waals surface area contributed by atoms with Gasteiger partial charge in [0.25, 0.3) is 0 Å². The van der Waals surface area contributed by atoms with Gasteiger partial charge in [-0.05, 0) is 44.1 Å². The highest BCUT2D eigenvalue weighted by molar-refractivity contribution is 7.80. The Bertz CT molecular complexity index is 567. The van der Waals surface area contributed by atoms with Gasteiger partial charge in [-0.1, -0.05) is 12.1 Å². The molecule has 5 heteroatoms. The number of benzene rings is 1. The van der Waals surface area contributed by atoms with E-state index in [0.717, 1.165) is 43.1 Å². The van der Waals surface area contributed by atoms with E-state index in [1.807, 2.05) is 11.3 Å². The third-order valence-corrected chi connectivity index (χ3v) is 5.37. The third-order valence-electron chi connectivity index (χ3n) is 3.77. The molecular formula is C15H19N3S2. The van der Waals surface area contributed by atoms with Gasteiger partial charge in [0.1, 0.15) is 0 Å². The molecule has 1 aliphatic heterocycles. The summed E-state index contributed by atoms with van der Waals surface area (Å²) in [6.45, 7) is 5.05. The predicted molar refractivity (Wildman–Crippen MR) is 89.4 cm³/mol. The molecule has 106 valence electrons. The Balaban J connectivity index is 1.67. The van der Waals surface area contributed by atoms with Gasteiger partial charge in [0, 0.05) is 25.6 Å². The van der Waals surface area contributed by atoms with Crippen molar-refractivity contribution in [3.8, 4) is 0 Å². The van der Waals surface area contributed by atoms with Crippen molar-refractivity contribution in [2.24, 2.45) is 0 Å². The number of hydrogen-bond donors (Lipinski definition) is 1. The van der Waals surface area contributed by atoms with Crippen molar-refractivity contribution < 1.29 is 0 Å². The van der Waals surface area contributed by atoms with Crippen LogP contribution in [-0.4, -0.2) is 34.6 Å². The normalized spacial score (nSPS) is 16.6. The number of piperidine rings is 1. The minimum absolute atomic E-state index is 0.591. The quantitative estimate of drug-likeness (QED) is 0.861. The summed E-state index contributed by atoms with van der Waals surface area (Å²) >= 11 is 7.23. The fourth-order valence-electron chi connectivity index (χ4n) is 2.66. The van der Waals surface area contributed by atoms with Crippen LogP contribution in [0.3, 0.4) is 0 Å². The lowest BCUT2D eigenvalue weighted by molar-refractivity contribution is 0.310. The van der Waals surface area contributed by atoms with Gasteiger partial charge in [0.2, 0.25) is 0 Å². The molecule has 2 aromatic rings. The van der Waals surface area contributed by atoms with Crippen molar-refractivity contribution in [2.75, 3.05) is 19.6 Å². The van der Waals surface area contributed by atoms with Crippen LogP contribution in [-0.2, 0) is 0 Å². The second kappa shape index (κ2) is 6.06. The van der Waals surface area contributed by atoms with Gasteiger partial charge < -0.3 is 10.2 Å². The smallest absolute Gasteiger partial charge is 0.168 e. The second-order valence-corrected chi connectivity index (χ2v) is 6.57. The van der Waals surface area contributed by atoms with E-state index in [1.165, 1.54) is 9.71 Å². The lowest BCUT2D eigenvalue weighted by Crippen LogP contribution is -2.43. The fourth-order valence-corrected chi connectivity index (χ4v) is 4.12. The van der Waals surface area contributed by atoms with Gasteiger partial charge in [0.05, 0.1) is 15.2 Å². The number of nitrogens with zero attached hydrogens (tertiary/aromatic N) is 2. The minimum atomic E-state index is 0.591. The Morgan fingerprint density at radius 2 is 2.15 bits per heavy atom. The molecule has 0 bridgehead atoms. The molecule has 0 aliphatic carbocycles. The first kappa shape index (κ1) is 13.8. The number of nitrogens with one attached hydrogen (secondary N) is 1. The van der Waals surface area contributed by atoms with Crippen LogP contribution in [0.4, 0.5) is 0 Å². The fraction of sp³-hybridized carbons (Fsp3) is 0.467. The van der Waals surface area contributed by atoms with Gasteiger partial charge in [-0.25, -0.2) is 4.98 Å². The van der Waals surface area contributed by atoms with Crippen molar-refractivity contribution >= 4 is 38.9 Å². The summed E-state index contributed by atoms with van der Waals surface area (Å²) in [5.74, 6) is 0.591. The maximum atomic E-state index is 5.38. The SMILES string of the molecule is CCNC(=S)N1CCC(c2nc3ccccc3s2)CC1. The predicted octanol–water partition coefficient (Wildman–Crippen LogP) is 3.37. The molecule has 20 heavy (non-hydrogen) atoms. The van der Waals surface area contributed by atoms with Crippen molar-refractivity contribution in [2.45, 2.75) is 25.7 Å². The van der Waals surface area contributed by atoms with Crippen molar-refractivity contribution in [1.82, 2.24) is 15.2 Å². The summed E-state index contributed by atoms with van der Waals surface area (Å²) in [4.78, 5) is 7.07. The molecule has 0 atom stereocenters. The summed E-state index contributed by atoms with van der Waals surface area (Å²) in [5.41, 5.74) is 1.14. The first-order chi connectivity index (χ1) is 9.78. The van der Waals surface area contributed by atoms with Crippen LogP contribution < -0.4 is 5.32 Å². The van der Waals surface area contributed by atoms with E-state index < -0.39 is 0 Å². The van der Waals surface area contributed by atoms with E-state index in [4.69, 9.17) is 17.2 Å². The topological polar surface area (TPSA) is 28.2 Å². The van der Waals surface area contributed by atoms with Crippen molar-refractivity contribution in [3.05, 3.63) is 29.3 Å². The van der Waals surface area contributed by atoms with E-state index in [1.54, 1.807) is 0 Å². The van der Waals surface area contributed by atoms with Crippen LogP contribution in [0.25, 0.3) is 10.2 Å². The van der Waals surface area contributed by atoms with Crippen LogP contribution >= 0.6 is 23.6 Å². The molecule has 0 amide bonds. The van der Waals surface area contributed by atoms with Crippen molar-refractivity contribution in [3.63, 3.8) is 0 Å². The zero-order chi connectivity index (χ0) is 13.9. The molecule has 3 rings (SSSR count). The van der Waals surface area contributed by atoms with E-state index in [9.17, 15) is 0 Å². The zero-order valence-electron chi connectivity index (χ0n) is 11.6. The maximum Gasteiger partial charge on any atom is 0.168 e. The molecule has 3 nitrogen and oxygen atoms in total. The Kier molecular flexibility index (Phi) is 4.17. The number of rotatable bonds is 2. The summed E-state index contributed by atoms with van der Waals surface area (Å²) in [6, 6.07) is 8.40. The Morgan fingerprint density at radius 1 is 1.40 bits per heavy atom. The van der Waals surface area contributed by atoms with Gasteiger partial charge >= 0.3 is 0 Å². The lowest BCUT2D eigenvalue weighted by atomic mass is 9.98. The molecule has 1 saturated heterocycles. The lowest BCUT2D eigenvalue weighted by Gasteiger charge is -2.32. The van der Waals surface area contributed by atoms with E-state index >= 15 is 0 Å². The second-order valence-electron chi connectivity index (χ2n) is 5.12. The minimum Gasteiger partial charge on any atom is -0.363 e. The van der Waals surface area contributed by atoms with Crippen LogP contribution in [0.5, 0.6) is 0 Å². The van der Waals surface area contributed by atoms with Crippen molar-refractivity contribution in [1.29, 1.82) is 0 Å². The Morgan fingerprint density at radius 3 is 2.85 bits per heavy atom. The first-order valence-corrected chi connectivity index (χ1v) is 8.38. The molecule has 1 aliphatic rings. The molecule has 1 fully saturated rings. The number of thiocarbonyl (C=S) groups is 1. The number of para-hydroxylation sites is 1. The number of fused-ring (bicyclic) bond motifs is 1. The molecule has 1 aromatic carbocycles. The summed E-state index contributed by atoms with van der Waals surface area (Å²) in [6.07, 6.45) is 2.29. The Labute approximate surface area is 129 Å². The highest BCUT2D eigenvalue weighted by atomic mass is 32.1. The molecule has 1 N–H and O–H groups in total. The van der Waals surface area contributed by atoms with E-state index in [-0.39, 0.29) is 0 Å². The maximum absolute atomic E-state index is 5.38. The number of thiazole rings is 1.